The average molecular weight is 455 g/mol. The summed E-state index contributed by atoms with van der Waals surface area (Å²) in [5, 5.41) is 4.74. The lowest BCUT2D eigenvalue weighted by atomic mass is 10.1. The van der Waals surface area contributed by atoms with Crippen LogP contribution in [0.5, 0.6) is 0 Å². The number of anilines is 1. The van der Waals surface area contributed by atoms with Gasteiger partial charge in [0.1, 0.15) is 11.5 Å². The number of carbonyl (C=O) groups is 1. The molecule has 1 aliphatic heterocycles. The Labute approximate surface area is 199 Å². The first-order chi connectivity index (χ1) is 16.5. The van der Waals surface area contributed by atoms with Crippen LogP contribution in [0.15, 0.2) is 78.9 Å². The van der Waals surface area contributed by atoms with Gasteiger partial charge >= 0.3 is 0 Å². The van der Waals surface area contributed by atoms with Gasteiger partial charge in [0, 0.05) is 37.4 Å². The summed E-state index contributed by atoms with van der Waals surface area (Å²) >= 11 is 0. The number of para-hydroxylation sites is 1. The second-order valence-electron chi connectivity index (χ2n) is 8.73. The molecule has 0 aliphatic carbocycles. The van der Waals surface area contributed by atoms with E-state index >= 15 is 0 Å². The number of carbonyl (C=O) groups excluding carboxylic acids is 1. The molecule has 0 unspecified atom stereocenters. The van der Waals surface area contributed by atoms with E-state index in [1.54, 1.807) is 16.8 Å². The molecule has 0 spiro atoms. The Kier molecular flexibility index (Phi) is 5.88. The molecule has 1 amide bonds. The van der Waals surface area contributed by atoms with E-state index in [4.69, 9.17) is 5.10 Å². The molecule has 0 atom stereocenters. The van der Waals surface area contributed by atoms with Gasteiger partial charge in [-0.15, -0.1) is 0 Å². The molecule has 0 radical (unpaired) electrons. The van der Waals surface area contributed by atoms with Crippen LogP contribution in [0.25, 0.3) is 16.9 Å². The Bertz CT molecular complexity index is 1300. The van der Waals surface area contributed by atoms with Gasteiger partial charge in [-0.1, -0.05) is 35.9 Å². The lowest BCUT2D eigenvalue weighted by Crippen LogP contribution is -2.49. The summed E-state index contributed by atoms with van der Waals surface area (Å²) in [6.45, 7) is 6.97. The number of halogens is 1. The highest BCUT2D eigenvalue weighted by Crippen LogP contribution is 2.25. The smallest absolute Gasteiger partial charge is 0.272 e. The van der Waals surface area contributed by atoms with Crippen LogP contribution in [0.3, 0.4) is 0 Å². The number of hydrogen-bond donors (Lipinski definition) is 0. The van der Waals surface area contributed by atoms with E-state index in [1.165, 1.54) is 23.4 Å². The van der Waals surface area contributed by atoms with Gasteiger partial charge in [-0.25, -0.2) is 9.07 Å². The van der Waals surface area contributed by atoms with E-state index in [2.05, 4.69) is 30.0 Å². The molecular formula is C28H27FN4O. The van der Waals surface area contributed by atoms with Crippen molar-refractivity contribution in [1.29, 1.82) is 0 Å². The van der Waals surface area contributed by atoms with E-state index < -0.39 is 0 Å². The second-order valence-corrected chi connectivity index (χ2v) is 8.73. The topological polar surface area (TPSA) is 41.4 Å². The summed E-state index contributed by atoms with van der Waals surface area (Å²) in [5.74, 6) is -0.351. The summed E-state index contributed by atoms with van der Waals surface area (Å²) in [6.07, 6.45) is 0. The molecule has 34 heavy (non-hydrogen) atoms. The zero-order valence-electron chi connectivity index (χ0n) is 19.4. The van der Waals surface area contributed by atoms with Crippen molar-refractivity contribution in [3.05, 3.63) is 102 Å². The van der Waals surface area contributed by atoms with Crippen LogP contribution >= 0.6 is 0 Å². The highest BCUT2D eigenvalue weighted by molar-refractivity contribution is 5.94. The number of amides is 1. The molecule has 6 heteroatoms. The van der Waals surface area contributed by atoms with Crippen molar-refractivity contribution >= 4 is 11.6 Å². The van der Waals surface area contributed by atoms with Crippen LogP contribution in [0.1, 0.15) is 21.6 Å². The normalized spacial score (nSPS) is 13.9. The number of benzene rings is 3. The lowest BCUT2D eigenvalue weighted by Gasteiger charge is -2.36. The van der Waals surface area contributed by atoms with Gasteiger partial charge in [-0.2, -0.15) is 5.10 Å². The van der Waals surface area contributed by atoms with Crippen molar-refractivity contribution in [2.75, 3.05) is 31.1 Å². The van der Waals surface area contributed by atoms with Crippen LogP contribution in [-0.4, -0.2) is 46.8 Å². The fourth-order valence-corrected chi connectivity index (χ4v) is 4.41. The molecule has 1 fully saturated rings. The number of nitrogens with zero attached hydrogens (tertiary/aromatic N) is 4. The monoisotopic (exact) mass is 454 g/mol. The van der Waals surface area contributed by atoms with Gasteiger partial charge in [0.05, 0.1) is 11.4 Å². The Balaban J connectivity index is 1.43. The number of rotatable bonds is 4. The average Bonchev–Trinajstić information content (AvgIpc) is 3.30. The molecule has 4 aromatic rings. The van der Waals surface area contributed by atoms with E-state index in [-0.39, 0.29) is 11.7 Å². The van der Waals surface area contributed by atoms with Crippen molar-refractivity contribution in [1.82, 2.24) is 14.7 Å². The first-order valence-corrected chi connectivity index (χ1v) is 11.5. The SMILES string of the molecule is Cc1ccc(-n2nc(-c3ccc(F)cc3)cc2C(=O)N2CCN(c3ccccc3C)CC2)cc1. The molecule has 1 aliphatic rings. The van der Waals surface area contributed by atoms with E-state index in [0.717, 1.165) is 29.9 Å². The highest BCUT2D eigenvalue weighted by Gasteiger charge is 2.26. The number of aryl methyl sites for hydroxylation is 2. The molecular weight excluding hydrogens is 427 g/mol. The van der Waals surface area contributed by atoms with Crippen LogP contribution < -0.4 is 4.90 Å². The molecule has 1 aromatic heterocycles. The summed E-state index contributed by atoms with van der Waals surface area (Å²) in [7, 11) is 0. The summed E-state index contributed by atoms with van der Waals surface area (Å²) in [5.41, 5.74) is 6.33. The predicted molar refractivity (Wildman–Crippen MR) is 133 cm³/mol. The summed E-state index contributed by atoms with van der Waals surface area (Å²) in [6, 6.07) is 24.3. The standard InChI is InChI=1S/C28H27FN4O/c1-20-7-13-24(14-8-20)33-27(19-25(30-33)22-9-11-23(29)12-10-22)28(34)32-17-15-31(16-18-32)26-6-4-3-5-21(26)2/h3-14,19H,15-18H2,1-2H3. The van der Waals surface area contributed by atoms with Crippen molar-refractivity contribution in [3.8, 4) is 16.9 Å². The predicted octanol–water partition coefficient (Wildman–Crippen LogP) is 5.26. The molecule has 0 N–H and O–H groups in total. The molecule has 0 bridgehead atoms. The van der Waals surface area contributed by atoms with Gasteiger partial charge < -0.3 is 9.80 Å². The number of piperazine rings is 1. The van der Waals surface area contributed by atoms with E-state index in [9.17, 15) is 9.18 Å². The van der Waals surface area contributed by atoms with Crippen LogP contribution in [0, 0.1) is 19.7 Å². The maximum Gasteiger partial charge on any atom is 0.272 e. The quantitative estimate of drug-likeness (QED) is 0.423. The lowest BCUT2D eigenvalue weighted by molar-refractivity contribution is 0.0737. The Morgan fingerprint density at radius 1 is 0.853 bits per heavy atom. The van der Waals surface area contributed by atoms with E-state index in [0.29, 0.717) is 24.5 Å². The van der Waals surface area contributed by atoms with E-state index in [1.807, 2.05) is 48.2 Å². The third kappa shape index (κ3) is 4.31. The minimum atomic E-state index is -0.301. The van der Waals surface area contributed by atoms with Crippen molar-refractivity contribution < 1.29 is 9.18 Å². The molecule has 5 nitrogen and oxygen atoms in total. The zero-order valence-corrected chi connectivity index (χ0v) is 19.4. The van der Waals surface area contributed by atoms with Crippen LogP contribution in [0.2, 0.25) is 0 Å². The van der Waals surface area contributed by atoms with Crippen LogP contribution in [0.4, 0.5) is 10.1 Å². The van der Waals surface area contributed by atoms with Crippen molar-refractivity contribution in [2.24, 2.45) is 0 Å². The number of aromatic nitrogens is 2. The van der Waals surface area contributed by atoms with Gasteiger partial charge in [0.15, 0.2) is 0 Å². The molecule has 3 aromatic carbocycles. The Morgan fingerprint density at radius 2 is 1.53 bits per heavy atom. The van der Waals surface area contributed by atoms with Crippen LogP contribution in [-0.2, 0) is 0 Å². The van der Waals surface area contributed by atoms with Gasteiger partial charge in [-0.05, 0) is 67.9 Å². The fourth-order valence-electron chi connectivity index (χ4n) is 4.41. The van der Waals surface area contributed by atoms with Crippen molar-refractivity contribution in [2.45, 2.75) is 13.8 Å². The minimum absolute atomic E-state index is 0.0501. The maximum atomic E-state index is 13.7. The fraction of sp³-hybridized carbons (Fsp3) is 0.214. The Hall–Kier alpha value is -3.93. The van der Waals surface area contributed by atoms with Gasteiger partial charge in [0.25, 0.3) is 5.91 Å². The third-order valence-corrected chi connectivity index (χ3v) is 6.37. The Morgan fingerprint density at radius 3 is 2.21 bits per heavy atom. The second kappa shape index (κ2) is 9.14. The zero-order chi connectivity index (χ0) is 23.7. The minimum Gasteiger partial charge on any atom is -0.368 e. The molecule has 5 rings (SSSR count). The molecule has 2 heterocycles. The van der Waals surface area contributed by atoms with Gasteiger partial charge in [-0.3, -0.25) is 4.79 Å². The molecule has 172 valence electrons. The maximum absolute atomic E-state index is 13.7. The molecule has 1 saturated heterocycles. The van der Waals surface area contributed by atoms with Gasteiger partial charge in [0.2, 0.25) is 0 Å². The first-order valence-electron chi connectivity index (χ1n) is 11.5. The largest absolute Gasteiger partial charge is 0.368 e. The first kappa shape index (κ1) is 21.9. The third-order valence-electron chi connectivity index (χ3n) is 6.37. The summed E-state index contributed by atoms with van der Waals surface area (Å²) in [4.78, 5) is 17.9. The summed E-state index contributed by atoms with van der Waals surface area (Å²) < 4.78 is 15.2. The molecule has 0 saturated carbocycles. The number of hydrogen-bond acceptors (Lipinski definition) is 3. The van der Waals surface area contributed by atoms with Crippen molar-refractivity contribution in [3.63, 3.8) is 0 Å². The highest BCUT2D eigenvalue weighted by atomic mass is 19.1.